The van der Waals surface area contributed by atoms with Crippen molar-refractivity contribution in [3.63, 3.8) is 0 Å². The second-order valence-corrected chi connectivity index (χ2v) is 6.69. The zero-order chi connectivity index (χ0) is 15.8. The zero-order valence-corrected chi connectivity index (χ0v) is 13.4. The molecule has 2 aromatic rings. The topological polar surface area (TPSA) is 73.0 Å². The van der Waals surface area contributed by atoms with Gasteiger partial charge in [0.25, 0.3) is 0 Å². The number of aryl methyl sites for hydroxylation is 2. The van der Waals surface area contributed by atoms with Crippen LogP contribution in [0.15, 0.2) is 16.5 Å². The summed E-state index contributed by atoms with van der Waals surface area (Å²) in [5.41, 5.74) is 0. The van der Waals surface area contributed by atoms with E-state index in [0.717, 1.165) is 48.5 Å². The average Bonchev–Trinajstić information content (AvgIpc) is 2.97. The monoisotopic (exact) mass is 314 g/mol. The van der Waals surface area contributed by atoms with Crippen LogP contribution < -0.4 is 5.32 Å². The van der Waals surface area contributed by atoms with E-state index in [4.69, 9.17) is 4.42 Å². The van der Waals surface area contributed by atoms with Gasteiger partial charge in [0.2, 0.25) is 5.91 Å². The number of aromatic nitrogens is 3. The molecule has 0 spiro atoms. The molecule has 1 amide bonds. The predicted octanol–water partition coefficient (Wildman–Crippen LogP) is 2.19. The van der Waals surface area contributed by atoms with Crippen LogP contribution in [-0.4, -0.2) is 20.7 Å². The van der Waals surface area contributed by atoms with Gasteiger partial charge >= 0.3 is 0 Å². The van der Waals surface area contributed by atoms with E-state index in [-0.39, 0.29) is 5.91 Å². The Hall–Kier alpha value is -2.11. The van der Waals surface area contributed by atoms with E-state index in [0.29, 0.717) is 25.3 Å². The van der Waals surface area contributed by atoms with Crippen molar-refractivity contribution in [3.05, 3.63) is 35.3 Å². The van der Waals surface area contributed by atoms with E-state index >= 15 is 0 Å². The molecule has 0 saturated heterocycles. The molecule has 0 bridgehead atoms. The number of nitrogens with one attached hydrogen (secondary N) is 1. The van der Waals surface area contributed by atoms with Crippen LogP contribution in [-0.2, 0) is 30.7 Å². The van der Waals surface area contributed by atoms with Crippen molar-refractivity contribution in [1.29, 1.82) is 0 Å². The van der Waals surface area contributed by atoms with Gasteiger partial charge in [-0.3, -0.25) is 4.79 Å². The smallest absolute Gasteiger partial charge is 0.220 e. The number of carbonyl (C=O) groups excluding carboxylic acids is 1. The van der Waals surface area contributed by atoms with Gasteiger partial charge in [-0.05, 0) is 30.9 Å². The number of hydrogen-bond donors (Lipinski definition) is 1. The Bertz CT molecular complexity index is 718. The van der Waals surface area contributed by atoms with Gasteiger partial charge in [0.05, 0.1) is 6.54 Å². The molecule has 23 heavy (non-hydrogen) atoms. The Morgan fingerprint density at radius 1 is 1.43 bits per heavy atom. The summed E-state index contributed by atoms with van der Waals surface area (Å²) in [5, 5.41) is 11.2. The molecule has 1 fully saturated rings. The molecule has 4 rings (SSSR count). The Morgan fingerprint density at radius 2 is 2.30 bits per heavy atom. The van der Waals surface area contributed by atoms with Crippen molar-refractivity contribution >= 4 is 5.91 Å². The standard InChI is InChI=1S/C17H22N4O2/c1-11-9-13(11)14-6-4-12(23-14)5-7-17(22)18-10-16-20-19-15-3-2-8-21(15)16/h4,6,11,13H,2-3,5,7-10H2,1H3,(H,18,22). The third-order valence-electron chi connectivity index (χ3n) is 4.89. The fourth-order valence-electron chi connectivity index (χ4n) is 3.29. The first-order chi connectivity index (χ1) is 11.2. The highest BCUT2D eigenvalue weighted by Crippen LogP contribution is 2.47. The number of nitrogens with zero attached hydrogens (tertiary/aromatic N) is 3. The van der Waals surface area contributed by atoms with E-state index in [9.17, 15) is 4.79 Å². The molecule has 2 aromatic heterocycles. The molecular formula is C17H22N4O2. The lowest BCUT2D eigenvalue weighted by atomic mass is 10.2. The Morgan fingerprint density at radius 3 is 3.13 bits per heavy atom. The van der Waals surface area contributed by atoms with Crippen molar-refractivity contribution in [1.82, 2.24) is 20.1 Å². The minimum Gasteiger partial charge on any atom is -0.466 e. The van der Waals surface area contributed by atoms with Crippen molar-refractivity contribution in [2.24, 2.45) is 5.92 Å². The van der Waals surface area contributed by atoms with E-state index in [1.807, 2.05) is 6.07 Å². The minimum absolute atomic E-state index is 0.0260. The molecule has 122 valence electrons. The number of hydrogen-bond acceptors (Lipinski definition) is 4. The SMILES string of the molecule is CC1CC1c1ccc(CCC(=O)NCc2nnc3n2CCC3)o1. The van der Waals surface area contributed by atoms with Gasteiger partial charge in [-0.15, -0.1) is 10.2 Å². The summed E-state index contributed by atoms with van der Waals surface area (Å²) in [4.78, 5) is 12.0. The van der Waals surface area contributed by atoms with Gasteiger partial charge in [-0.1, -0.05) is 6.92 Å². The molecule has 2 aliphatic rings. The fraction of sp³-hybridized carbons (Fsp3) is 0.588. The maximum absolute atomic E-state index is 12.0. The third kappa shape index (κ3) is 3.02. The van der Waals surface area contributed by atoms with Crippen LogP contribution in [0.2, 0.25) is 0 Å². The first kappa shape index (κ1) is 14.5. The Labute approximate surface area is 135 Å². The van der Waals surface area contributed by atoms with E-state index in [1.165, 1.54) is 6.42 Å². The molecular weight excluding hydrogens is 292 g/mol. The molecule has 6 heteroatoms. The Kier molecular flexibility index (Phi) is 3.67. The number of amides is 1. The highest BCUT2D eigenvalue weighted by Gasteiger charge is 2.36. The molecule has 1 aliphatic carbocycles. The van der Waals surface area contributed by atoms with Crippen molar-refractivity contribution in [3.8, 4) is 0 Å². The second kappa shape index (κ2) is 5.83. The summed E-state index contributed by atoms with van der Waals surface area (Å²) in [6, 6.07) is 4.06. The summed E-state index contributed by atoms with van der Waals surface area (Å²) in [6.07, 6.45) is 4.41. The highest BCUT2D eigenvalue weighted by atomic mass is 16.3. The molecule has 1 N–H and O–H groups in total. The van der Waals surface area contributed by atoms with Gasteiger partial charge in [-0.25, -0.2) is 0 Å². The largest absolute Gasteiger partial charge is 0.466 e. The van der Waals surface area contributed by atoms with Gasteiger partial charge in [0.1, 0.15) is 17.3 Å². The van der Waals surface area contributed by atoms with Gasteiger partial charge < -0.3 is 14.3 Å². The second-order valence-electron chi connectivity index (χ2n) is 6.69. The molecule has 1 aliphatic heterocycles. The van der Waals surface area contributed by atoms with Gasteiger partial charge in [0.15, 0.2) is 5.82 Å². The lowest BCUT2D eigenvalue weighted by molar-refractivity contribution is -0.121. The number of fused-ring (bicyclic) bond motifs is 1. The van der Waals surface area contributed by atoms with Crippen LogP contribution in [0.1, 0.15) is 55.3 Å². The van der Waals surface area contributed by atoms with Crippen LogP contribution in [0.25, 0.3) is 0 Å². The molecule has 1 saturated carbocycles. The van der Waals surface area contributed by atoms with Crippen LogP contribution >= 0.6 is 0 Å². The maximum Gasteiger partial charge on any atom is 0.220 e. The van der Waals surface area contributed by atoms with Crippen molar-refractivity contribution in [2.45, 2.75) is 58.0 Å². The van der Waals surface area contributed by atoms with E-state index in [2.05, 4.69) is 33.1 Å². The predicted molar refractivity (Wildman–Crippen MR) is 83.7 cm³/mol. The lowest BCUT2D eigenvalue weighted by Crippen LogP contribution is -2.24. The number of carbonyl (C=O) groups is 1. The summed E-state index contributed by atoms with van der Waals surface area (Å²) < 4.78 is 7.94. The van der Waals surface area contributed by atoms with Crippen molar-refractivity contribution < 1.29 is 9.21 Å². The fourth-order valence-corrected chi connectivity index (χ4v) is 3.29. The van der Waals surface area contributed by atoms with Crippen LogP contribution in [0.5, 0.6) is 0 Å². The molecule has 3 heterocycles. The summed E-state index contributed by atoms with van der Waals surface area (Å²) in [7, 11) is 0. The van der Waals surface area contributed by atoms with Crippen LogP contribution in [0.4, 0.5) is 0 Å². The van der Waals surface area contributed by atoms with Crippen LogP contribution in [0, 0.1) is 5.92 Å². The van der Waals surface area contributed by atoms with Crippen LogP contribution in [0.3, 0.4) is 0 Å². The van der Waals surface area contributed by atoms with E-state index in [1.54, 1.807) is 0 Å². The molecule has 2 unspecified atom stereocenters. The highest BCUT2D eigenvalue weighted by molar-refractivity contribution is 5.75. The molecule has 0 radical (unpaired) electrons. The molecule has 6 nitrogen and oxygen atoms in total. The lowest BCUT2D eigenvalue weighted by Gasteiger charge is -2.05. The quantitative estimate of drug-likeness (QED) is 0.887. The minimum atomic E-state index is 0.0260. The van der Waals surface area contributed by atoms with Gasteiger partial charge in [-0.2, -0.15) is 0 Å². The number of furan rings is 1. The van der Waals surface area contributed by atoms with E-state index < -0.39 is 0 Å². The normalized spacial score (nSPS) is 22.1. The summed E-state index contributed by atoms with van der Waals surface area (Å²) in [5.74, 6) is 5.22. The summed E-state index contributed by atoms with van der Waals surface area (Å²) >= 11 is 0. The zero-order valence-electron chi connectivity index (χ0n) is 13.4. The third-order valence-corrected chi connectivity index (χ3v) is 4.89. The first-order valence-corrected chi connectivity index (χ1v) is 8.47. The van der Waals surface area contributed by atoms with Crippen molar-refractivity contribution in [2.75, 3.05) is 0 Å². The number of rotatable bonds is 6. The maximum atomic E-state index is 12.0. The first-order valence-electron chi connectivity index (χ1n) is 8.47. The molecule has 2 atom stereocenters. The van der Waals surface area contributed by atoms with Gasteiger partial charge in [0, 0.05) is 31.7 Å². The average molecular weight is 314 g/mol. The molecule has 0 aromatic carbocycles. The Balaban J connectivity index is 1.24. The summed E-state index contributed by atoms with van der Waals surface area (Å²) in [6.45, 7) is 3.65.